The minimum atomic E-state index is -0.587. The second kappa shape index (κ2) is 5.83. The molecule has 1 aromatic rings. The predicted molar refractivity (Wildman–Crippen MR) is 71.4 cm³/mol. The van der Waals surface area contributed by atoms with Gasteiger partial charge in [-0.05, 0) is 25.5 Å². The first-order valence-corrected chi connectivity index (χ1v) is 6.76. The van der Waals surface area contributed by atoms with Gasteiger partial charge >= 0.3 is 0 Å². The van der Waals surface area contributed by atoms with Crippen LogP contribution in [0.25, 0.3) is 0 Å². The molecular weight excluding hydrogens is 308 g/mol. The van der Waals surface area contributed by atoms with Crippen molar-refractivity contribution in [2.24, 2.45) is 0 Å². The lowest BCUT2D eigenvalue weighted by Gasteiger charge is -2.27. The minimum absolute atomic E-state index is 0.141. The molecule has 1 N–H and O–H groups in total. The maximum atomic E-state index is 13.2. The van der Waals surface area contributed by atoms with E-state index in [4.69, 9.17) is 11.6 Å². The summed E-state index contributed by atoms with van der Waals surface area (Å²) in [4.78, 5) is 12.0. The van der Waals surface area contributed by atoms with Gasteiger partial charge < -0.3 is 5.32 Å². The number of hydrogen-bond acceptors (Lipinski definition) is 1. The Bertz CT molecular complexity index is 421. The van der Waals surface area contributed by atoms with Gasteiger partial charge in [0.05, 0.1) is 10.6 Å². The molecule has 1 amide bonds. The van der Waals surface area contributed by atoms with Crippen LogP contribution >= 0.6 is 27.5 Å². The number of carbonyl (C=O) groups is 1. The molecule has 5 heteroatoms. The molecule has 17 heavy (non-hydrogen) atoms. The molecule has 0 aliphatic rings. The molecule has 0 radical (unpaired) electrons. The van der Waals surface area contributed by atoms with E-state index in [-0.39, 0.29) is 22.0 Å². The van der Waals surface area contributed by atoms with Crippen LogP contribution in [-0.4, -0.2) is 16.8 Å². The maximum Gasteiger partial charge on any atom is 0.253 e. The van der Waals surface area contributed by atoms with Crippen LogP contribution in [0.5, 0.6) is 0 Å². The van der Waals surface area contributed by atoms with Crippen LogP contribution in [0.4, 0.5) is 4.39 Å². The summed E-state index contributed by atoms with van der Waals surface area (Å²) < 4.78 is 13.2. The zero-order valence-electron chi connectivity index (χ0n) is 9.69. The fraction of sp³-hybridized carbons (Fsp3) is 0.417. The van der Waals surface area contributed by atoms with Crippen LogP contribution in [0.15, 0.2) is 18.2 Å². The number of alkyl halides is 1. The van der Waals surface area contributed by atoms with E-state index in [1.165, 1.54) is 18.2 Å². The third-order valence-electron chi connectivity index (χ3n) is 2.69. The summed E-state index contributed by atoms with van der Waals surface area (Å²) in [6, 6.07) is 4.20. The second-order valence-corrected chi connectivity index (χ2v) is 5.04. The minimum Gasteiger partial charge on any atom is -0.346 e. The van der Waals surface area contributed by atoms with Crippen molar-refractivity contribution in [3.63, 3.8) is 0 Å². The molecule has 0 aliphatic heterocycles. The third kappa shape index (κ3) is 3.42. The summed E-state index contributed by atoms with van der Waals surface area (Å²) in [5.41, 5.74) is -0.209. The lowest BCUT2D eigenvalue weighted by molar-refractivity contribution is 0.0913. The van der Waals surface area contributed by atoms with E-state index >= 15 is 0 Å². The van der Waals surface area contributed by atoms with Gasteiger partial charge in [-0.15, -0.1) is 0 Å². The summed E-state index contributed by atoms with van der Waals surface area (Å²) >= 11 is 9.10. The van der Waals surface area contributed by atoms with Crippen LogP contribution < -0.4 is 5.32 Å². The number of nitrogens with one attached hydrogen (secondary N) is 1. The van der Waals surface area contributed by atoms with Gasteiger partial charge in [-0.1, -0.05) is 40.5 Å². The highest BCUT2D eigenvalue weighted by Gasteiger charge is 2.24. The van der Waals surface area contributed by atoms with E-state index in [0.29, 0.717) is 5.33 Å². The number of benzene rings is 1. The smallest absolute Gasteiger partial charge is 0.253 e. The van der Waals surface area contributed by atoms with Crippen LogP contribution in [-0.2, 0) is 0 Å². The van der Waals surface area contributed by atoms with Crippen molar-refractivity contribution in [3.8, 4) is 0 Å². The molecule has 94 valence electrons. The van der Waals surface area contributed by atoms with Crippen molar-refractivity contribution in [3.05, 3.63) is 34.6 Å². The third-order valence-corrected chi connectivity index (χ3v) is 4.31. The zero-order chi connectivity index (χ0) is 13.1. The molecule has 0 saturated heterocycles. The topological polar surface area (TPSA) is 29.1 Å². The van der Waals surface area contributed by atoms with Gasteiger partial charge in [0.2, 0.25) is 0 Å². The number of rotatable bonds is 4. The van der Waals surface area contributed by atoms with Gasteiger partial charge in [-0.25, -0.2) is 4.39 Å². The van der Waals surface area contributed by atoms with E-state index in [0.717, 1.165) is 6.42 Å². The van der Waals surface area contributed by atoms with Gasteiger partial charge in [0.15, 0.2) is 0 Å². The van der Waals surface area contributed by atoms with Crippen molar-refractivity contribution in [2.75, 3.05) is 5.33 Å². The fourth-order valence-corrected chi connectivity index (χ4v) is 1.99. The largest absolute Gasteiger partial charge is 0.346 e. The Morgan fingerprint density at radius 2 is 2.24 bits per heavy atom. The molecule has 1 unspecified atom stereocenters. The lowest BCUT2D eigenvalue weighted by Crippen LogP contribution is -2.47. The predicted octanol–water partition coefficient (Wildman–Crippen LogP) is 3.77. The van der Waals surface area contributed by atoms with Crippen molar-refractivity contribution in [1.29, 1.82) is 0 Å². The summed E-state index contributed by atoms with van der Waals surface area (Å²) in [5.74, 6) is -0.949. The maximum absolute atomic E-state index is 13.2. The molecule has 0 aliphatic carbocycles. The lowest BCUT2D eigenvalue weighted by atomic mass is 10.0. The molecule has 2 nitrogen and oxygen atoms in total. The van der Waals surface area contributed by atoms with Crippen LogP contribution in [0.3, 0.4) is 0 Å². The Hall–Kier alpha value is -0.610. The highest BCUT2D eigenvalue weighted by atomic mass is 79.9. The van der Waals surface area contributed by atoms with E-state index in [9.17, 15) is 9.18 Å². The Morgan fingerprint density at radius 1 is 1.59 bits per heavy atom. The monoisotopic (exact) mass is 321 g/mol. The van der Waals surface area contributed by atoms with E-state index in [2.05, 4.69) is 21.2 Å². The summed E-state index contributed by atoms with van der Waals surface area (Å²) in [6.07, 6.45) is 0.761. The van der Waals surface area contributed by atoms with Gasteiger partial charge in [0.1, 0.15) is 5.82 Å². The summed E-state index contributed by atoms with van der Waals surface area (Å²) in [6.45, 7) is 3.88. The van der Waals surface area contributed by atoms with Gasteiger partial charge in [0.25, 0.3) is 5.91 Å². The van der Waals surface area contributed by atoms with Crippen molar-refractivity contribution in [1.82, 2.24) is 5.32 Å². The Balaban J connectivity index is 2.94. The average molecular weight is 323 g/mol. The van der Waals surface area contributed by atoms with Crippen LogP contribution in [0, 0.1) is 5.82 Å². The number of hydrogen-bond donors (Lipinski definition) is 1. The van der Waals surface area contributed by atoms with Gasteiger partial charge in [0, 0.05) is 10.9 Å². The normalized spacial score (nSPS) is 14.2. The molecule has 1 rings (SSSR count). The fourth-order valence-electron chi connectivity index (χ4n) is 1.24. The second-order valence-electron chi connectivity index (χ2n) is 4.10. The van der Waals surface area contributed by atoms with Crippen LogP contribution in [0.2, 0.25) is 5.02 Å². The SMILES string of the molecule is CCC(C)(CBr)NC(=O)c1cccc(F)c1Cl. The molecule has 0 heterocycles. The first kappa shape index (κ1) is 14.5. The number of halogens is 3. The molecule has 0 spiro atoms. The molecule has 0 fully saturated rings. The summed E-state index contributed by atoms with van der Waals surface area (Å²) in [7, 11) is 0. The van der Waals surface area contributed by atoms with E-state index in [1.807, 2.05) is 13.8 Å². The molecule has 1 atom stereocenters. The van der Waals surface area contributed by atoms with E-state index in [1.54, 1.807) is 0 Å². The number of carbonyl (C=O) groups excluding carboxylic acids is 1. The quantitative estimate of drug-likeness (QED) is 0.840. The zero-order valence-corrected chi connectivity index (χ0v) is 12.0. The highest BCUT2D eigenvalue weighted by Crippen LogP contribution is 2.21. The molecule has 0 aromatic heterocycles. The van der Waals surface area contributed by atoms with Gasteiger partial charge in [-0.2, -0.15) is 0 Å². The first-order chi connectivity index (χ1) is 7.93. The van der Waals surface area contributed by atoms with Crippen molar-refractivity contribution >= 4 is 33.4 Å². The molecule has 1 aromatic carbocycles. The standard InChI is InChI=1S/C12H14BrClFNO/c1-3-12(2,7-13)16-11(17)8-5-4-6-9(15)10(8)14/h4-6H,3,7H2,1-2H3,(H,16,17). The Labute approximate surface area is 114 Å². The molecular formula is C12H14BrClFNO. The van der Waals surface area contributed by atoms with Crippen molar-refractivity contribution in [2.45, 2.75) is 25.8 Å². The molecule has 0 saturated carbocycles. The van der Waals surface area contributed by atoms with E-state index < -0.39 is 5.82 Å². The first-order valence-electron chi connectivity index (χ1n) is 5.26. The van der Waals surface area contributed by atoms with Crippen LogP contribution in [0.1, 0.15) is 30.6 Å². The number of amides is 1. The molecule has 0 bridgehead atoms. The Morgan fingerprint density at radius 3 is 2.76 bits per heavy atom. The van der Waals surface area contributed by atoms with Gasteiger partial charge in [-0.3, -0.25) is 4.79 Å². The highest BCUT2D eigenvalue weighted by molar-refractivity contribution is 9.09. The summed E-state index contributed by atoms with van der Waals surface area (Å²) in [5, 5.41) is 3.32. The Kier molecular flexibility index (Phi) is 4.95. The average Bonchev–Trinajstić information content (AvgIpc) is 2.32. The van der Waals surface area contributed by atoms with Crippen molar-refractivity contribution < 1.29 is 9.18 Å².